The standard InChI is InChI=1S/C19H21N3O4S/c1-14(26-17-10-8-15(12-20)9-11-17)19(23)21-13-16-6-4-5-7-18(16)27(24,25)22(2)3/h4-11,14H,13H2,1-3H3,(H,21,23). The zero-order valence-corrected chi connectivity index (χ0v) is 16.2. The molecule has 7 nitrogen and oxygen atoms in total. The van der Waals surface area contributed by atoms with Gasteiger partial charge < -0.3 is 10.1 Å². The molecule has 1 unspecified atom stereocenters. The summed E-state index contributed by atoms with van der Waals surface area (Å²) in [5.74, 6) is 0.0867. The molecule has 0 saturated heterocycles. The van der Waals surface area contributed by atoms with Crippen molar-refractivity contribution in [2.45, 2.75) is 24.5 Å². The fourth-order valence-corrected chi connectivity index (χ4v) is 3.41. The van der Waals surface area contributed by atoms with Crippen LogP contribution in [0, 0.1) is 11.3 Å². The van der Waals surface area contributed by atoms with E-state index in [9.17, 15) is 13.2 Å². The maximum absolute atomic E-state index is 12.4. The molecule has 27 heavy (non-hydrogen) atoms. The highest BCUT2D eigenvalue weighted by Crippen LogP contribution is 2.18. The van der Waals surface area contributed by atoms with Crippen molar-refractivity contribution in [1.29, 1.82) is 5.26 Å². The van der Waals surface area contributed by atoms with Crippen LogP contribution in [0.3, 0.4) is 0 Å². The highest BCUT2D eigenvalue weighted by molar-refractivity contribution is 7.89. The van der Waals surface area contributed by atoms with Gasteiger partial charge in [-0.1, -0.05) is 18.2 Å². The Morgan fingerprint density at radius 1 is 1.19 bits per heavy atom. The summed E-state index contributed by atoms with van der Waals surface area (Å²) in [5, 5.41) is 11.5. The Bertz CT molecular complexity index is 948. The monoisotopic (exact) mass is 387 g/mol. The van der Waals surface area contributed by atoms with E-state index in [1.807, 2.05) is 6.07 Å². The SMILES string of the molecule is CC(Oc1ccc(C#N)cc1)C(=O)NCc1ccccc1S(=O)(=O)N(C)C. The average molecular weight is 387 g/mol. The minimum atomic E-state index is -3.61. The van der Waals surface area contributed by atoms with Gasteiger partial charge in [-0.05, 0) is 42.8 Å². The maximum atomic E-state index is 12.4. The van der Waals surface area contributed by atoms with Gasteiger partial charge in [0.2, 0.25) is 10.0 Å². The first-order valence-corrected chi connectivity index (χ1v) is 9.64. The van der Waals surface area contributed by atoms with Gasteiger partial charge in [-0.15, -0.1) is 0 Å². The molecule has 2 aromatic rings. The van der Waals surface area contributed by atoms with E-state index in [0.717, 1.165) is 4.31 Å². The van der Waals surface area contributed by atoms with Crippen LogP contribution in [0.4, 0.5) is 0 Å². The van der Waals surface area contributed by atoms with Crippen molar-refractivity contribution in [1.82, 2.24) is 9.62 Å². The molecule has 0 heterocycles. The predicted octanol–water partition coefficient (Wildman–Crippen LogP) is 1.89. The number of hydrogen-bond donors (Lipinski definition) is 1. The molecule has 0 radical (unpaired) electrons. The van der Waals surface area contributed by atoms with Crippen molar-refractivity contribution >= 4 is 15.9 Å². The molecular weight excluding hydrogens is 366 g/mol. The number of carbonyl (C=O) groups excluding carboxylic acids is 1. The number of ether oxygens (including phenoxy) is 1. The van der Waals surface area contributed by atoms with Crippen molar-refractivity contribution in [2.75, 3.05) is 14.1 Å². The van der Waals surface area contributed by atoms with E-state index in [0.29, 0.717) is 16.9 Å². The number of amides is 1. The van der Waals surface area contributed by atoms with Crippen LogP contribution in [0.25, 0.3) is 0 Å². The Balaban J connectivity index is 2.04. The third-order valence-corrected chi connectivity index (χ3v) is 5.77. The van der Waals surface area contributed by atoms with Crippen molar-refractivity contribution in [3.05, 3.63) is 59.7 Å². The number of nitrogens with one attached hydrogen (secondary N) is 1. The lowest BCUT2D eigenvalue weighted by molar-refractivity contribution is -0.127. The number of sulfonamides is 1. The van der Waals surface area contributed by atoms with Crippen LogP contribution in [0.5, 0.6) is 5.75 Å². The Kier molecular flexibility index (Phi) is 6.55. The summed E-state index contributed by atoms with van der Waals surface area (Å²) in [7, 11) is -0.693. The van der Waals surface area contributed by atoms with Crippen molar-refractivity contribution in [2.24, 2.45) is 0 Å². The molecular formula is C19H21N3O4S. The second kappa shape index (κ2) is 8.66. The Morgan fingerprint density at radius 2 is 1.81 bits per heavy atom. The first-order chi connectivity index (χ1) is 12.8. The lowest BCUT2D eigenvalue weighted by Crippen LogP contribution is -2.36. The number of benzene rings is 2. The first-order valence-electron chi connectivity index (χ1n) is 8.20. The van der Waals surface area contributed by atoms with Crippen molar-refractivity contribution in [3.63, 3.8) is 0 Å². The molecule has 0 spiro atoms. The molecule has 0 saturated carbocycles. The van der Waals surface area contributed by atoms with E-state index < -0.39 is 16.1 Å². The highest BCUT2D eigenvalue weighted by Gasteiger charge is 2.21. The third kappa shape index (κ3) is 5.06. The van der Waals surface area contributed by atoms with Crippen LogP contribution in [-0.4, -0.2) is 38.8 Å². The van der Waals surface area contributed by atoms with E-state index in [1.165, 1.54) is 20.2 Å². The molecule has 142 valence electrons. The lowest BCUT2D eigenvalue weighted by atomic mass is 10.2. The molecule has 1 atom stereocenters. The number of carbonyl (C=O) groups is 1. The fourth-order valence-electron chi connectivity index (χ4n) is 2.29. The lowest BCUT2D eigenvalue weighted by Gasteiger charge is -2.17. The quantitative estimate of drug-likeness (QED) is 0.782. The summed E-state index contributed by atoms with van der Waals surface area (Å²) < 4.78 is 31.5. The van der Waals surface area contributed by atoms with E-state index >= 15 is 0 Å². The second-order valence-electron chi connectivity index (χ2n) is 6.01. The van der Waals surface area contributed by atoms with Gasteiger partial charge in [0.15, 0.2) is 6.10 Å². The smallest absolute Gasteiger partial charge is 0.261 e. The van der Waals surface area contributed by atoms with Gasteiger partial charge in [0.25, 0.3) is 5.91 Å². The Morgan fingerprint density at radius 3 is 2.41 bits per heavy atom. The maximum Gasteiger partial charge on any atom is 0.261 e. The molecule has 2 aromatic carbocycles. The number of rotatable bonds is 7. The van der Waals surface area contributed by atoms with Gasteiger partial charge in [-0.2, -0.15) is 5.26 Å². The Labute approximate surface area is 159 Å². The molecule has 0 aliphatic rings. The van der Waals surface area contributed by atoms with E-state index in [4.69, 9.17) is 10.00 Å². The van der Waals surface area contributed by atoms with Crippen LogP contribution >= 0.6 is 0 Å². The number of nitriles is 1. The molecule has 0 fully saturated rings. The molecule has 0 aromatic heterocycles. The zero-order valence-electron chi connectivity index (χ0n) is 15.3. The van der Waals surface area contributed by atoms with Gasteiger partial charge in [-0.3, -0.25) is 4.79 Å². The second-order valence-corrected chi connectivity index (χ2v) is 8.13. The molecule has 0 aliphatic carbocycles. The fraction of sp³-hybridized carbons (Fsp3) is 0.263. The summed E-state index contributed by atoms with van der Waals surface area (Å²) in [5.41, 5.74) is 0.989. The van der Waals surface area contributed by atoms with Gasteiger partial charge in [-0.25, -0.2) is 12.7 Å². The zero-order chi connectivity index (χ0) is 20.0. The first kappa shape index (κ1) is 20.4. The van der Waals surface area contributed by atoms with Crippen LogP contribution in [0.15, 0.2) is 53.4 Å². The third-order valence-electron chi connectivity index (χ3n) is 3.85. The van der Waals surface area contributed by atoms with E-state index in [1.54, 1.807) is 49.4 Å². The molecule has 0 aliphatic heterocycles. The summed E-state index contributed by atoms with van der Waals surface area (Å²) in [6.45, 7) is 1.65. The van der Waals surface area contributed by atoms with Gasteiger partial charge in [0.05, 0.1) is 16.5 Å². The van der Waals surface area contributed by atoms with Gasteiger partial charge in [0, 0.05) is 20.6 Å². The van der Waals surface area contributed by atoms with Crippen LogP contribution in [0.1, 0.15) is 18.1 Å². The van der Waals surface area contributed by atoms with Crippen LogP contribution in [-0.2, 0) is 21.4 Å². The average Bonchev–Trinajstić information content (AvgIpc) is 2.66. The summed E-state index contributed by atoms with van der Waals surface area (Å²) >= 11 is 0. The van der Waals surface area contributed by atoms with Gasteiger partial charge >= 0.3 is 0 Å². The molecule has 2 rings (SSSR count). The molecule has 0 bridgehead atoms. The highest BCUT2D eigenvalue weighted by atomic mass is 32.2. The molecule has 8 heteroatoms. The summed E-state index contributed by atoms with van der Waals surface area (Å²) in [6, 6.07) is 14.9. The topological polar surface area (TPSA) is 99.5 Å². The van der Waals surface area contributed by atoms with Crippen LogP contribution in [0.2, 0.25) is 0 Å². The van der Waals surface area contributed by atoms with Crippen molar-refractivity contribution in [3.8, 4) is 11.8 Å². The molecule has 1 amide bonds. The number of hydrogen-bond acceptors (Lipinski definition) is 5. The molecule has 1 N–H and O–H groups in total. The van der Waals surface area contributed by atoms with Gasteiger partial charge in [0.1, 0.15) is 5.75 Å². The normalized spacial score (nSPS) is 12.3. The number of nitrogens with zero attached hydrogens (tertiary/aromatic N) is 2. The largest absolute Gasteiger partial charge is 0.481 e. The predicted molar refractivity (Wildman–Crippen MR) is 100 cm³/mol. The minimum Gasteiger partial charge on any atom is -0.481 e. The minimum absolute atomic E-state index is 0.0587. The van der Waals surface area contributed by atoms with E-state index in [-0.39, 0.29) is 17.3 Å². The van der Waals surface area contributed by atoms with Crippen LogP contribution < -0.4 is 10.1 Å². The summed E-state index contributed by atoms with van der Waals surface area (Å²) in [4.78, 5) is 12.4. The van der Waals surface area contributed by atoms with E-state index in [2.05, 4.69) is 5.32 Å². The Hall–Kier alpha value is -2.89. The van der Waals surface area contributed by atoms with Crippen molar-refractivity contribution < 1.29 is 17.9 Å². The summed E-state index contributed by atoms with van der Waals surface area (Å²) in [6.07, 6.45) is -0.782.